The van der Waals surface area contributed by atoms with Gasteiger partial charge in [0.1, 0.15) is 0 Å². The summed E-state index contributed by atoms with van der Waals surface area (Å²) in [5.74, 6) is 5.07. The number of amides is 2. The average Bonchev–Trinajstić information content (AvgIpc) is 3.44. The van der Waals surface area contributed by atoms with Gasteiger partial charge in [0, 0.05) is 59.1 Å². The molecule has 1 aromatic heterocycles. The van der Waals surface area contributed by atoms with E-state index >= 15 is 0 Å². The Morgan fingerprint density at radius 2 is 1.06 bits per heavy atom. The van der Waals surface area contributed by atoms with Gasteiger partial charge in [-0.05, 0) is 54.1 Å². The molecule has 8 nitrogen and oxygen atoms in total. The van der Waals surface area contributed by atoms with Crippen LogP contribution in [0.25, 0.3) is 33.3 Å². The first-order valence-electron chi connectivity index (χ1n) is 17.0. The van der Waals surface area contributed by atoms with Gasteiger partial charge in [0.15, 0.2) is 5.78 Å². The first-order valence-corrected chi connectivity index (χ1v) is 17.0. The maximum atomic E-state index is 12.5. The van der Waals surface area contributed by atoms with Crippen molar-refractivity contribution in [1.82, 2.24) is 4.98 Å². The maximum Gasteiger partial charge on any atom is 0.228 e. The van der Waals surface area contributed by atoms with Crippen molar-refractivity contribution in [3.8, 4) is 22.4 Å². The van der Waals surface area contributed by atoms with Gasteiger partial charge >= 0.3 is 0 Å². The van der Waals surface area contributed by atoms with Gasteiger partial charge < -0.3 is 10.4 Å². The van der Waals surface area contributed by atoms with Crippen molar-refractivity contribution in [2.24, 2.45) is 5.84 Å². The minimum atomic E-state index is -0.0883. The van der Waals surface area contributed by atoms with Crippen LogP contribution in [0, 0.1) is 0 Å². The lowest BCUT2D eigenvalue weighted by molar-refractivity contribution is -0.116. The number of anilines is 5. The standard InChI is InChI=1S/C22H16N2O.C16H13NO2.C6H8N2.CH4/c1-14(25)24-19-12-6-3-9-16(19)21-15-8-2-5-11-18(15)23-22(21)17-10-4-7-13-20(17)24;1-11(18)17-14-8-4-2-6-12(14)10-16(19)13-7-3-5-9-15(13)17;7-8-6-4-2-1-3-5-6;/h2-13,23H,1H3;2-9H,10H2,1H3;1-5,8H,7H2;1H4. The lowest BCUT2D eigenvalue weighted by Gasteiger charge is -2.23. The van der Waals surface area contributed by atoms with Crippen LogP contribution >= 0.6 is 0 Å². The van der Waals surface area contributed by atoms with Crippen LogP contribution in [-0.2, 0) is 16.0 Å². The molecule has 0 bridgehead atoms. The summed E-state index contributed by atoms with van der Waals surface area (Å²) in [6, 6.07) is 48.9. The molecule has 3 heterocycles. The molecule has 4 N–H and O–H groups in total. The molecule has 2 aliphatic heterocycles. The van der Waals surface area contributed by atoms with Crippen LogP contribution < -0.4 is 21.1 Å². The first-order chi connectivity index (χ1) is 25.4. The average molecular weight is 700 g/mol. The van der Waals surface area contributed by atoms with Crippen molar-refractivity contribution in [2.75, 3.05) is 15.2 Å². The second-order valence-electron chi connectivity index (χ2n) is 12.4. The molecule has 53 heavy (non-hydrogen) atoms. The zero-order chi connectivity index (χ0) is 36.2. The number of fused-ring (bicyclic) bond motifs is 9. The Hall–Kier alpha value is -6.77. The highest BCUT2D eigenvalue weighted by atomic mass is 16.2. The highest BCUT2D eigenvalue weighted by Gasteiger charge is 2.29. The molecule has 0 saturated carbocycles. The molecule has 2 aliphatic rings. The van der Waals surface area contributed by atoms with E-state index in [1.807, 2.05) is 120 Å². The summed E-state index contributed by atoms with van der Waals surface area (Å²) in [6.45, 7) is 3.13. The fourth-order valence-electron chi connectivity index (χ4n) is 6.91. The molecule has 7 aromatic rings. The van der Waals surface area contributed by atoms with Crippen molar-refractivity contribution < 1.29 is 14.4 Å². The largest absolute Gasteiger partial charge is 0.354 e. The van der Waals surface area contributed by atoms with Gasteiger partial charge in [-0.15, -0.1) is 0 Å². The van der Waals surface area contributed by atoms with Crippen molar-refractivity contribution in [2.45, 2.75) is 27.7 Å². The predicted molar refractivity (Wildman–Crippen MR) is 217 cm³/mol. The van der Waals surface area contributed by atoms with E-state index in [9.17, 15) is 14.4 Å². The lowest BCUT2D eigenvalue weighted by atomic mass is 9.98. The number of benzene rings is 6. The van der Waals surface area contributed by atoms with Crippen molar-refractivity contribution in [1.29, 1.82) is 0 Å². The number of Topliss-reactive ketones (excluding diaryl/α,β-unsaturated/α-hetero) is 1. The highest BCUT2D eigenvalue weighted by molar-refractivity contribution is 6.15. The number of hydrogen-bond donors (Lipinski definition) is 3. The molecule has 0 spiro atoms. The molecule has 0 atom stereocenters. The molecule has 0 fully saturated rings. The molecule has 0 saturated heterocycles. The number of nitrogens with two attached hydrogens (primary N) is 1. The van der Waals surface area contributed by atoms with Crippen LogP contribution in [-0.4, -0.2) is 22.6 Å². The van der Waals surface area contributed by atoms with Crippen LogP contribution in [0.5, 0.6) is 0 Å². The monoisotopic (exact) mass is 699 g/mol. The first kappa shape index (κ1) is 36.0. The van der Waals surface area contributed by atoms with Crippen molar-refractivity contribution in [3.63, 3.8) is 0 Å². The van der Waals surface area contributed by atoms with Gasteiger partial charge in [-0.3, -0.25) is 30.0 Å². The van der Waals surface area contributed by atoms with Gasteiger partial charge in [-0.25, -0.2) is 0 Å². The van der Waals surface area contributed by atoms with Crippen molar-refractivity contribution >= 4 is 56.9 Å². The van der Waals surface area contributed by atoms with E-state index in [1.165, 1.54) is 12.3 Å². The lowest BCUT2D eigenvalue weighted by Crippen LogP contribution is -2.23. The van der Waals surface area contributed by atoms with E-state index < -0.39 is 0 Å². The number of hydrazine groups is 1. The summed E-state index contributed by atoms with van der Waals surface area (Å²) in [5.41, 5.74) is 13.7. The molecule has 0 unspecified atom stereocenters. The minimum Gasteiger partial charge on any atom is -0.354 e. The molecule has 6 aromatic carbocycles. The number of aromatic amines is 1. The SMILES string of the molecule is C.CC(=O)N1c2ccccc2-c2[nH]c3ccccc3c2-c2ccccc21.CC(=O)N1c2ccccc2CC(=O)c2ccccc21.NNc1ccccc1. The summed E-state index contributed by atoms with van der Waals surface area (Å²) >= 11 is 0. The highest BCUT2D eigenvalue weighted by Crippen LogP contribution is 2.50. The smallest absolute Gasteiger partial charge is 0.228 e. The van der Waals surface area contributed by atoms with E-state index in [1.54, 1.807) is 17.9 Å². The third-order valence-corrected chi connectivity index (χ3v) is 9.13. The van der Waals surface area contributed by atoms with E-state index in [0.29, 0.717) is 17.7 Å². The number of rotatable bonds is 1. The number of nitrogen functional groups attached to an aromatic ring is 1. The summed E-state index contributed by atoms with van der Waals surface area (Å²) in [4.78, 5) is 43.8. The zero-order valence-corrected chi connectivity index (χ0v) is 28.8. The molecule has 264 valence electrons. The third-order valence-electron chi connectivity index (χ3n) is 9.13. The number of para-hydroxylation sites is 6. The van der Waals surface area contributed by atoms with E-state index in [-0.39, 0.29) is 25.0 Å². The van der Waals surface area contributed by atoms with E-state index in [2.05, 4.69) is 40.7 Å². The van der Waals surface area contributed by atoms with Crippen LogP contribution in [0.4, 0.5) is 28.4 Å². The number of nitrogens with one attached hydrogen (secondary N) is 2. The van der Waals surface area contributed by atoms with E-state index in [0.717, 1.165) is 56.2 Å². The predicted octanol–water partition coefficient (Wildman–Crippen LogP) is 10.2. The Morgan fingerprint density at radius 1 is 0.585 bits per heavy atom. The Morgan fingerprint density at radius 3 is 1.68 bits per heavy atom. The Balaban J connectivity index is 0.000000152. The maximum absolute atomic E-state index is 12.5. The number of carbonyl (C=O) groups is 3. The minimum absolute atomic E-state index is 0. The van der Waals surface area contributed by atoms with Crippen molar-refractivity contribution in [3.05, 3.63) is 163 Å². The van der Waals surface area contributed by atoms with Crippen LogP contribution in [0.1, 0.15) is 37.2 Å². The van der Waals surface area contributed by atoms with Gasteiger partial charge in [0.25, 0.3) is 0 Å². The van der Waals surface area contributed by atoms with Gasteiger partial charge in [-0.1, -0.05) is 111 Å². The number of H-pyrrole nitrogens is 1. The topological polar surface area (TPSA) is 112 Å². The molecular weight excluding hydrogens is 659 g/mol. The van der Waals surface area contributed by atoms with Crippen LogP contribution in [0.2, 0.25) is 0 Å². The quantitative estimate of drug-likeness (QED) is 0.117. The number of ketones is 1. The molecule has 0 radical (unpaired) electrons. The number of carbonyl (C=O) groups excluding carboxylic acids is 3. The second kappa shape index (κ2) is 15.6. The number of nitrogens with zero attached hydrogens (tertiary/aromatic N) is 2. The Bertz CT molecular complexity index is 2440. The fraction of sp³-hybridized carbons (Fsp3) is 0.0889. The van der Waals surface area contributed by atoms with E-state index in [4.69, 9.17) is 5.84 Å². The second-order valence-corrected chi connectivity index (χ2v) is 12.4. The number of hydrogen-bond acceptors (Lipinski definition) is 5. The van der Waals surface area contributed by atoms with Gasteiger partial charge in [-0.2, -0.15) is 0 Å². The van der Waals surface area contributed by atoms with Crippen LogP contribution in [0.15, 0.2) is 152 Å². The summed E-state index contributed by atoms with van der Waals surface area (Å²) in [5, 5.41) is 1.17. The summed E-state index contributed by atoms with van der Waals surface area (Å²) in [7, 11) is 0. The molecule has 2 amide bonds. The summed E-state index contributed by atoms with van der Waals surface area (Å²) < 4.78 is 0. The van der Waals surface area contributed by atoms with Gasteiger partial charge in [0.2, 0.25) is 11.8 Å². The molecule has 0 aliphatic carbocycles. The molecule has 9 rings (SSSR count). The third kappa shape index (κ3) is 6.96. The molecular formula is C45H41N5O3. The zero-order valence-electron chi connectivity index (χ0n) is 28.8. The number of aromatic nitrogens is 1. The Kier molecular flexibility index (Phi) is 10.6. The Labute approximate surface area is 309 Å². The summed E-state index contributed by atoms with van der Waals surface area (Å²) in [6.07, 6.45) is 0.330. The molecule has 8 heteroatoms. The normalized spacial score (nSPS) is 11.9. The van der Waals surface area contributed by atoms with Crippen LogP contribution in [0.3, 0.4) is 0 Å². The fourth-order valence-corrected chi connectivity index (χ4v) is 6.91. The van der Waals surface area contributed by atoms with Gasteiger partial charge in [0.05, 0.1) is 28.4 Å².